The standard InChI is InChI=1S/C24H29NO6/c1-7-20(27)25-17-9-8-14-11-19(28-3)23(30-5)24(31-6)21(14)16-10-13(2)22(29-4)18(26)12-15(16)17/h10-12,17H,7-9H2,1-6H3,(H,25,27)/t17-/m0/s1. The van der Waals surface area contributed by atoms with Gasteiger partial charge in [0.25, 0.3) is 0 Å². The number of hydrogen-bond donors (Lipinski definition) is 1. The van der Waals surface area contributed by atoms with Gasteiger partial charge in [0.05, 0.1) is 34.5 Å². The number of methoxy groups -OCH3 is 4. The highest BCUT2D eigenvalue weighted by Gasteiger charge is 2.30. The summed E-state index contributed by atoms with van der Waals surface area (Å²) in [6.07, 6.45) is 1.63. The zero-order chi connectivity index (χ0) is 22.7. The summed E-state index contributed by atoms with van der Waals surface area (Å²) in [6, 6.07) is 5.08. The maximum Gasteiger partial charge on any atom is 0.220 e. The molecule has 31 heavy (non-hydrogen) atoms. The zero-order valence-electron chi connectivity index (χ0n) is 18.9. The average Bonchev–Trinajstić information content (AvgIpc) is 2.98. The third-order valence-corrected chi connectivity index (χ3v) is 5.66. The third kappa shape index (κ3) is 4.04. The summed E-state index contributed by atoms with van der Waals surface area (Å²) in [5.74, 6) is 1.76. The summed E-state index contributed by atoms with van der Waals surface area (Å²) >= 11 is 0. The molecule has 0 unspecified atom stereocenters. The number of aryl methyl sites for hydroxylation is 2. The maximum atomic E-state index is 12.9. The molecule has 1 amide bonds. The zero-order valence-corrected chi connectivity index (χ0v) is 18.9. The van der Waals surface area contributed by atoms with Crippen LogP contribution in [0.5, 0.6) is 23.0 Å². The highest BCUT2D eigenvalue weighted by Crippen LogP contribution is 2.50. The van der Waals surface area contributed by atoms with E-state index in [1.54, 1.807) is 34.3 Å². The van der Waals surface area contributed by atoms with E-state index in [2.05, 4.69) is 5.32 Å². The van der Waals surface area contributed by atoms with Gasteiger partial charge in [-0.2, -0.15) is 0 Å². The van der Waals surface area contributed by atoms with Gasteiger partial charge in [-0.25, -0.2) is 0 Å². The van der Waals surface area contributed by atoms with E-state index in [0.717, 1.165) is 22.3 Å². The molecule has 0 radical (unpaired) electrons. The molecule has 0 aliphatic heterocycles. The van der Waals surface area contributed by atoms with Gasteiger partial charge in [-0.05, 0) is 60.2 Å². The Balaban J connectivity index is 2.44. The first-order chi connectivity index (χ1) is 14.9. The topological polar surface area (TPSA) is 83.1 Å². The Hall–Kier alpha value is -3.22. The molecule has 0 spiro atoms. The Kier molecular flexibility index (Phi) is 6.73. The Morgan fingerprint density at radius 1 is 1.00 bits per heavy atom. The minimum Gasteiger partial charge on any atom is -0.493 e. The van der Waals surface area contributed by atoms with Gasteiger partial charge in [0.15, 0.2) is 17.2 Å². The number of hydrogen-bond acceptors (Lipinski definition) is 6. The van der Waals surface area contributed by atoms with Crippen LogP contribution in [0.3, 0.4) is 0 Å². The average molecular weight is 427 g/mol. The van der Waals surface area contributed by atoms with Crippen LogP contribution < -0.4 is 29.7 Å². The highest BCUT2D eigenvalue weighted by atomic mass is 16.5. The normalized spacial score (nSPS) is 14.6. The summed E-state index contributed by atoms with van der Waals surface area (Å²) in [5, 5.41) is 3.07. The molecule has 0 aromatic heterocycles. The predicted molar refractivity (Wildman–Crippen MR) is 119 cm³/mol. The van der Waals surface area contributed by atoms with Crippen molar-refractivity contribution >= 4 is 5.91 Å². The molecular formula is C24H29NO6. The largest absolute Gasteiger partial charge is 0.493 e. The van der Waals surface area contributed by atoms with E-state index >= 15 is 0 Å². The van der Waals surface area contributed by atoms with Crippen LogP contribution in [-0.2, 0) is 11.2 Å². The van der Waals surface area contributed by atoms with Crippen LogP contribution >= 0.6 is 0 Å². The van der Waals surface area contributed by atoms with Crippen LogP contribution in [0.25, 0.3) is 11.1 Å². The van der Waals surface area contributed by atoms with Crippen molar-refractivity contribution < 1.29 is 23.7 Å². The smallest absolute Gasteiger partial charge is 0.220 e. The molecule has 3 rings (SSSR count). The van der Waals surface area contributed by atoms with Gasteiger partial charge in [0.2, 0.25) is 17.1 Å². The Labute approximate surface area is 182 Å². The van der Waals surface area contributed by atoms with Crippen LogP contribution in [0.4, 0.5) is 0 Å². The van der Waals surface area contributed by atoms with Crippen molar-refractivity contribution in [2.75, 3.05) is 28.4 Å². The minimum atomic E-state index is -0.333. The van der Waals surface area contributed by atoms with E-state index in [-0.39, 0.29) is 23.1 Å². The van der Waals surface area contributed by atoms with E-state index in [1.807, 2.05) is 19.1 Å². The molecule has 1 N–H and O–H groups in total. The van der Waals surface area contributed by atoms with Crippen LogP contribution in [0.2, 0.25) is 0 Å². The lowest BCUT2D eigenvalue weighted by Gasteiger charge is -2.20. The fraction of sp³-hybridized carbons (Fsp3) is 0.417. The number of nitrogens with one attached hydrogen (secondary N) is 1. The predicted octanol–water partition coefficient (Wildman–Crippen LogP) is 3.57. The van der Waals surface area contributed by atoms with Gasteiger partial charge in [0.1, 0.15) is 0 Å². The molecule has 7 heteroatoms. The molecule has 0 fully saturated rings. The van der Waals surface area contributed by atoms with Crippen LogP contribution in [0.1, 0.15) is 42.5 Å². The minimum absolute atomic E-state index is 0.0772. The molecule has 0 bridgehead atoms. The van der Waals surface area contributed by atoms with Crippen molar-refractivity contribution in [3.63, 3.8) is 0 Å². The molecule has 1 aliphatic carbocycles. The number of carbonyl (C=O) groups excluding carboxylic acids is 1. The highest BCUT2D eigenvalue weighted by molar-refractivity contribution is 5.84. The summed E-state index contributed by atoms with van der Waals surface area (Å²) in [5.41, 5.74) is 3.79. The van der Waals surface area contributed by atoms with E-state index < -0.39 is 0 Å². The number of fused-ring (bicyclic) bond motifs is 3. The van der Waals surface area contributed by atoms with Gasteiger partial charge < -0.3 is 24.3 Å². The first kappa shape index (κ1) is 22.5. The lowest BCUT2D eigenvalue weighted by molar-refractivity contribution is -0.121. The molecule has 166 valence electrons. The number of rotatable bonds is 6. The molecule has 0 saturated heterocycles. The molecule has 7 nitrogen and oxygen atoms in total. The van der Waals surface area contributed by atoms with E-state index in [1.165, 1.54) is 7.11 Å². The summed E-state index contributed by atoms with van der Waals surface area (Å²) < 4.78 is 22.3. The van der Waals surface area contributed by atoms with Crippen LogP contribution in [0.15, 0.2) is 23.0 Å². The van der Waals surface area contributed by atoms with Crippen molar-refractivity contribution in [2.45, 2.75) is 39.2 Å². The quantitative estimate of drug-likeness (QED) is 0.759. The first-order valence-corrected chi connectivity index (χ1v) is 10.2. The fourth-order valence-corrected chi connectivity index (χ4v) is 4.21. The van der Waals surface area contributed by atoms with Crippen molar-refractivity contribution in [3.8, 4) is 34.1 Å². The number of ether oxygens (including phenoxy) is 4. The Morgan fingerprint density at radius 3 is 2.26 bits per heavy atom. The van der Waals surface area contributed by atoms with Crippen molar-refractivity contribution in [1.29, 1.82) is 0 Å². The Bertz CT molecular complexity index is 1060. The summed E-state index contributed by atoms with van der Waals surface area (Å²) in [4.78, 5) is 25.2. The molecule has 2 aromatic rings. The van der Waals surface area contributed by atoms with Gasteiger partial charge >= 0.3 is 0 Å². The fourth-order valence-electron chi connectivity index (χ4n) is 4.21. The molecular weight excluding hydrogens is 398 g/mol. The van der Waals surface area contributed by atoms with E-state index in [0.29, 0.717) is 42.1 Å². The van der Waals surface area contributed by atoms with Crippen molar-refractivity contribution in [3.05, 3.63) is 45.1 Å². The number of benzene rings is 1. The molecule has 1 atom stereocenters. The van der Waals surface area contributed by atoms with E-state index in [9.17, 15) is 9.59 Å². The second-order valence-electron chi connectivity index (χ2n) is 7.43. The maximum absolute atomic E-state index is 12.9. The van der Waals surface area contributed by atoms with Crippen LogP contribution in [0, 0.1) is 6.92 Å². The molecule has 0 saturated carbocycles. The van der Waals surface area contributed by atoms with Crippen LogP contribution in [-0.4, -0.2) is 34.3 Å². The second-order valence-corrected chi connectivity index (χ2v) is 7.43. The van der Waals surface area contributed by atoms with Crippen molar-refractivity contribution in [1.82, 2.24) is 5.32 Å². The monoisotopic (exact) mass is 427 g/mol. The van der Waals surface area contributed by atoms with Gasteiger partial charge in [-0.3, -0.25) is 9.59 Å². The third-order valence-electron chi connectivity index (χ3n) is 5.66. The lowest BCUT2D eigenvalue weighted by atomic mass is 9.95. The Morgan fingerprint density at radius 2 is 1.68 bits per heavy atom. The second kappa shape index (κ2) is 9.29. The lowest BCUT2D eigenvalue weighted by Crippen LogP contribution is -2.28. The van der Waals surface area contributed by atoms with Gasteiger partial charge in [-0.15, -0.1) is 0 Å². The van der Waals surface area contributed by atoms with E-state index in [4.69, 9.17) is 18.9 Å². The SMILES string of the molecule is CCC(=O)N[C@H]1CCc2cc(OC)c(OC)c(OC)c2-c2cc(C)c(OC)c(=O)cc21. The molecule has 2 aromatic carbocycles. The first-order valence-electron chi connectivity index (χ1n) is 10.2. The molecule has 1 aliphatic rings. The number of amides is 1. The number of carbonyl (C=O) groups is 1. The van der Waals surface area contributed by atoms with Crippen molar-refractivity contribution in [2.24, 2.45) is 0 Å². The van der Waals surface area contributed by atoms with Gasteiger partial charge in [-0.1, -0.05) is 6.92 Å². The molecule has 0 heterocycles. The summed E-state index contributed by atoms with van der Waals surface area (Å²) in [6.45, 7) is 3.63. The van der Waals surface area contributed by atoms with Gasteiger partial charge in [0, 0.05) is 12.0 Å². The summed E-state index contributed by atoms with van der Waals surface area (Å²) in [7, 11) is 6.20.